The van der Waals surface area contributed by atoms with Crippen LogP contribution in [0.4, 0.5) is 14.5 Å². The molecule has 2 N–H and O–H groups in total. The lowest BCUT2D eigenvalue weighted by atomic mass is 10.2. The first-order valence-corrected chi connectivity index (χ1v) is 5.54. The SMILES string of the molecule is CCNC(=S)Nc1cc(C)ccc1OC(F)F. The molecule has 0 aromatic heterocycles. The summed E-state index contributed by atoms with van der Waals surface area (Å²) in [7, 11) is 0. The van der Waals surface area contributed by atoms with Crippen LogP contribution < -0.4 is 15.4 Å². The Hall–Kier alpha value is -1.43. The fourth-order valence-electron chi connectivity index (χ4n) is 1.27. The van der Waals surface area contributed by atoms with E-state index in [0.717, 1.165) is 5.56 Å². The molecule has 1 aromatic rings. The minimum atomic E-state index is -2.86. The van der Waals surface area contributed by atoms with Gasteiger partial charge >= 0.3 is 6.61 Å². The highest BCUT2D eigenvalue weighted by Gasteiger charge is 2.10. The van der Waals surface area contributed by atoms with Crippen LogP contribution in [0.1, 0.15) is 12.5 Å². The predicted octanol–water partition coefficient (Wildman–Crippen LogP) is 2.90. The predicted molar refractivity (Wildman–Crippen MR) is 67.7 cm³/mol. The average molecular weight is 260 g/mol. The second kappa shape index (κ2) is 6.34. The van der Waals surface area contributed by atoms with Crippen molar-refractivity contribution in [2.75, 3.05) is 11.9 Å². The Morgan fingerprint density at radius 2 is 2.18 bits per heavy atom. The summed E-state index contributed by atoms with van der Waals surface area (Å²) in [4.78, 5) is 0. The van der Waals surface area contributed by atoms with Crippen molar-refractivity contribution in [1.29, 1.82) is 0 Å². The first-order chi connectivity index (χ1) is 8.02. The van der Waals surface area contributed by atoms with E-state index in [0.29, 0.717) is 17.3 Å². The molecule has 17 heavy (non-hydrogen) atoms. The summed E-state index contributed by atoms with van der Waals surface area (Å²) < 4.78 is 28.8. The van der Waals surface area contributed by atoms with Gasteiger partial charge in [-0.05, 0) is 43.8 Å². The Morgan fingerprint density at radius 3 is 2.76 bits per heavy atom. The molecule has 0 fully saturated rings. The number of aryl methyl sites for hydroxylation is 1. The Bertz CT molecular complexity index is 399. The Labute approximate surface area is 104 Å². The monoisotopic (exact) mass is 260 g/mol. The van der Waals surface area contributed by atoms with Gasteiger partial charge in [0.25, 0.3) is 0 Å². The third-order valence-corrected chi connectivity index (χ3v) is 2.18. The molecular formula is C11H14F2N2OS. The van der Waals surface area contributed by atoms with Crippen molar-refractivity contribution in [2.24, 2.45) is 0 Å². The third-order valence-electron chi connectivity index (χ3n) is 1.94. The van der Waals surface area contributed by atoms with Crippen molar-refractivity contribution >= 4 is 23.0 Å². The zero-order valence-corrected chi connectivity index (χ0v) is 10.4. The van der Waals surface area contributed by atoms with Crippen LogP contribution in [0, 0.1) is 6.92 Å². The fourth-order valence-corrected chi connectivity index (χ4v) is 1.52. The van der Waals surface area contributed by atoms with Crippen molar-refractivity contribution in [3.63, 3.8) is 0 Å². The van der Waals surface area contributed by atoms with Crippen LogP contribution in [0.2, 0.25) is 0 Å². The number of halogens is 2. The highest BCUT2D eigenvalue weighted by Crippen LogP contribution is 2.27. The second-order valence-corrected chi connectivity index (χ2v) is 3.77. The van der Waals surface area contributed by atoms with Crippen LogP contribution in [0.3, 0.4) is 0 Å². The number of benzene rings is 1. The van der Waals surface area contributed by atoms with E-state index in [9.17, 15) is 8.78 Å². The van der Waals surface area contributed by atoms with E-state index < -0.39 is 6.61 Å². The molecule has 0 saturated carbocycles. The van der Waals surface area contributed by atoms with Crippen LogP contribution in [0.25, 0.3) is 0 Å². The number of nitrogens with one attached hydrogen (secondary N) is 2. The van der Waals surface area contributed by atoms with Crippen LogP contribution in [0.15, 0.2) is 18.2 Å². The molecule has 0 amide bonds. The minimum absolute atomic E-state index is 0.0749. The Kier molecular flexibility index (Phi) is 5.09. The number of thiocarbonyl (C=S) groups is 1. The highest BCUT2D eigenvalue weighted by atomic mass is 32.1. The molecule has 0 unspecified atom stereocenters. The molecule has 0 radical (unpaired) electrons. The lowest BCUT2D eigenvalue weighted by Gasteiger charge is -2.14. The van der Waals surface area contributed by atoms with E-state index in [2.05, 4.69) is 15.4 Å². The summed E-state index contributed by atoms with van der Waals surface area (Å²) in [6.07, 6.45) is 0. The molecule has 0 bridgehead atoms. The van der Waals surface area contributed by atoms with E-state index in [1.807, 2.05) is 13.8 Å². The third kappa shape index (κ3) is 4.52. The molecule has 0 aliphatic heterocycles. The molecule has 0 aliphatic rings. The summed E-state index contributed by atoms with van der Waals surface area (Å²) >= 11 is 4.99. The van der Waals surface area contributed by atoms with Crippen molar-refractivity contribution < 1.29 is 13.5 Å². The van der Waals surface area contributed by atoms with E-state index in [4.69, 9.17) is 12.2 Å². The normalized spacial score (nSPS) is 10.2. The summed E-state index contributed by atoms with van der Waals surface area (Å²) in [5, 5.41) is 6.06. The van der Waals surface area contributed by atoms with Crippen molar-refractivity contribution in [3.05, 3.63) is 23.8 Å². The van der Waals surface area contributed by atoms with Crippen molar-refractivity contribution in [3.8, 4) is 5.75 Å². The van der Waals surface area contributed by atoms with Crippen LogP contribution in [0.5, 0.6) is 5.75 Å². The quantitative estimate of drug-likeness (QED) is 0.816. The lowest BCUT2D eigenvalue weighted by molar-refractivity contribution is -0.0493. The second-order valence-electron chi connectivity index (χ2n) is 3.36. The Balaban J connectivity index is 2.86. The fraction of sp³-hybridized carbons (Fsp3) is 0.364. The Morgan fingerprint density at radius 1 is 1.47 bits per heavy atom. The van der Waals surface area contributed by atoms with Gasteiger partial charge in [-0.1, -0.05) is 6.07 Å². The molecule has 0 spiro atoms. The summed E-state index contributed by atoms with van der Waals surface area (Å²) in [5.74, 6) is 0.0749. The lowest BCUT2D eigenvalue weighted by Crippen LogP contribution is -2.28. The number of hydrogen-bond donors (Lipinski definition) is 2. The van der Waals surface area contributed by atoms with Gasteiger partial charge < -0.3 is 15.4 Å². The van der Waals surface area contributed by atoms with E-state index in [-0.39, 0.29) is 5.75 Å². The molecule has 3 nitrogen and oxygen atoms in total. The van der Waals surface area contributed by atoms with Gasteiger partial charge in [0.1, 0.15) is 5.75 Å². The molecule has 0 aliphatic carbocycles. The van der Waals surface area contributed by atoms with Crippen molar-refractivity contribution in [2.45, 2.75) is 20.5 Å². The van der Waals surface area contributed by atoms with Gasteiger partial charge in [-0.25, -0.2) is 0 Å². The molecule has 0 heterocycles. The van der Waals surface area contributed by atoms with E-state index >= 15 is 0 Å². The van der Waals surface area contributed by atoms with Gasteiger partial charge in [0, 0.05) is 6.54 Å². The van der Waals surface area contributed by atoms with E-state index in [1.54, 1.807) is 12.1 Å². The maximum atomic E-state index is 12.2. The number of anilines is 1. The standard InChI is InChI=1S/C11H14F2N2OS/c1-3-14-11(17)15-8-6-7(2)4-5-9(8)16-10(12)13/h4-6,10H,3H2,1-2H3,(H2,14,15,17). The summed E-state index contributed by atoms with van der Waals surface area (Å²) in [5.41, 5.74) is 1.35. The first-order valence-electron chi connectivity index (χ1n) is 5.13. The zero-order valence-electron chi connectivity index (χ0n) is 9.59. The first kappa shape index (κ1) is 13.6. The molecular weight excluding hydrogens is 246 g/mol. The highest BCUT2D eigenvalue weighted by molar-refractivity contribution is 7.80. The zero-order chi connectivity index (χ0) is 12.8. The van der Waals surface area contributed by atoms with Gasteiger partial charge in [0.05, 0.1) is 5.69 Å². The topological polar surface area (TPSA) is 33.3 Å². The van der Waals surface area contributed by atoms with Gasteiger partial charge in [-0.2, -0.15) is 8.78 Å². The molecule has 0 atom stereocenters. The number of alkyl halides is 2. The van der Waals surface area contributed by atoms with Crippen LogP contribution in [-0.2, 0) is 0 Å². The maximum Gasteiger partial charge on any atom is 0.387 e. The van der Waals surface area contributed by atoms with E-state index in [1.165, 1.54) is 6.07 Å². The van der Waals surface area contributed by atoms with Gasteiger partial charge in [-0.15, -0.1) is 0 Å². The number of rotatable bonds is 4. The summed E-state index contributed by atoms with van der Waals surface area (Å²) in [6.45, 7) is 1.54. The maximum absolute atomic E-state index is 12.2. The number of ether oxygens (including phenoxy) is 1. The van der Waals surface area contributed by atoms with Crippen LogP contribution >= 0.6 is 12.2 Å². The van der Waals surface area contributed by atoms with Crippen molar-refractivity contribution in [1.82, 2.24) is 5.32 Å². The van der Waals surface area contributed by atoms with Gasteiger partial charge in [0.15, 0.2) is 5.11 Å². The largest absolute Gasteiger partial charge is 0.433 e. The van der Waals surface area contributed by atoms with Gasteiger partial charge in [-0.3, -0.25) is 0 Å². The van der Waals surface area contributed by atoms with Gasteiger partial charge in [0.2, 0.25) is 0 Å². The minimum Gasteiger partial charge on any atom is -0.433 e. The average Bonchev–Trinajstić information content (AvgIpc) is 2.22. The molecule has 1 aromatic carbocycles. The molecule has 94 valence electrons. The number of hydrogen-bond acceptors (Lipinski definition) is 2. The molecule has 0 saturated heterocycles. The summed E-state index contributed by atoms with van der Waals surface area (Å²) in [6, 6.07) is 4.87. The smallest absolute Gasteiger partial charge is 0.387 e. The molecule has 1 rings (SSSR count). The van der Waals surface area contributed by atoms with Crippen LogP contribution in [-0.4, -0.2) is 18.3 Å². The molecule has 6 heteroatoms.